The van der Waals surface area contributed by atoms with Gasteiger partial charge in [-0.2, -0.15) is 0 Å². The molecule has 0 saturated heterocycles. The summed E-state index contributed by atoms with van der Waals surface area (Å²) < 4.78 is 15.5. The van der Waals surface area contributed by atoms with Crippen molar-refractivity contribution in [1.29, 1.82) is 0 Å². The molecule has 0 aromatic heterocycles. The maximum Gasteiger partial charge on any atom is 0.407 e. The molecule has 2 aromatic rings. The molecule has 0 spiro atoms. The number of carbonyl (C=O) groups is 4. The van der Waals surface area contributed by atoms with E-state index in [0.29, 0.717) is 12.4 Å². The monoisotopic (exact) mass is 484 g/mol. The average molecular weight is 485 g/mol. The Morgan fingerprint density at radius 2 is 1.60 bits per heavy atom. The lowest BCUT2D eigenvalue weighted by molar-refractivity contribution is -0.146. The summed E-state index contributed by atoms with van der Waals surface area (Å²) in [7, 11) is 1.14. The maximum absolute atomic E-state index is 12.6. The summed E-state index contributed by atoms with van der Waals surface area (Å²) in [4.78, 5) is 49.0. The molecule has 2 rings (SSSR count). The van der Waals surface area contributed by atoms with E-state index >= 15 is 0 Å². The molecular formula is C26H32N2O7. The highest BCUT2D eigenvalue weighted by molar-refractivity contribution is 6.08. The van der Waals surface area contributed by atoms with Gasteiger partial charge in [-0.05, 0) is 57.0 Å². The third-order valence-electron chi connectivity index (χ3n) is 4.67. The van der Waals surface area contributed by atoms with Gasteiger partial charge < -0.3 is 24.8 Å². The molecule has 188 valence electrons. The van der Waals surface area contributed by atoms with Crippen LogP contribution in [-0.4, -0.2) is 49.1 Å². The lowest BCUT2D eigenvalue weighted by atomic mass is 10.1. The predicted molar refractivity (Wildman–Crippen MR) is 129 cm³/mol. The van der Waals surface area contributed by atoms with E-state index in [2.05, 4.69) is 15.4 Å². The highest BCUT2D eigenvalue weighted by Gasteiger charge is 2.29. The number of esters is 1. The number of ketones is 1. The molecular weight excluding hydrogens is 452 g/mol. The summed E-state index contributed by atoms with van der Waals surface area (Å²) in [6.45, 7) is 5.78. The molecule has 0 aliphatic rings. The Bertz CT molecular complexity index is 999. The molecule has 0 fully saturated rings. The third kappa shape index (κ3) is 9.87. The molecule has 9 heteroatoms. The highest BCUT2D eigenvalue weighted by Crippen LogP contribution is 2.15. The number of nitrogens with one attached hydrogen (secondary N) is 2. The molecule has 9 nitrogen and oxygen atoms in total. The van der Waals surface area contributed by atoms with Gasteiger partial charge >= 0.3 is 12.1 Å². The van der Waals surface area contributed by atoms with Crippen molar-refractivity contribution in [3.8, 4) is 5.75 Å². The quantitative estimate of drug-likeness (QED) is 0.285. The number of carbonyl (C=O) groups excluding carboxylic acids is 4. The molecule has 35 heavy (non-hydrogen) atoms. The zero-order valence-electron chi connectivity index (χ0n) is 20.5. The van der Waals surface area contributed by atoms with Crippen LogP contribution in [0.5, 0.6) is 5.75 Å². The first-order chi connectivity index (χ1) is 16.6. The normalized spacial score (nSPS) is 11.7. The van der Waals surface area contributed by atoms with E-state index < -0.39 is 35.4 Å². The molecule has 2 N–H and O–H groups in total. The Morgan fingerprint density at radius 1 is 0.943 bits per heavy atom. The lowest BCUT2D eigenvalue weighted by Gasteiger charge is -2.19. The molecule has 0 bridgehead atoms. The van der Waals surface area contributed by atoms with Gasteiger partial charge in [-0.1, -0.05) is 30.3 Å². The fourth-order valence-electron chi connectivity index (χ4n) is 2.96. The van der Waals surface area contributed by atoms with Crippen molar-refractivity contribution in [1.82, 2.24) is 10.6 Å². The number of hydrogen-bond donors (Lipinski definition) is 2. The van der Waals surface area contributed by atoms with Crippen molar-refractivity contribution < 1.29 is 33.4 Å². The number of benzene rings is 2. The summed E-state index contributed by atoms with van der Waals surface area (Å²) in [5.74, 6) is -1.43. The SMILES string of the molecule is COC(=O)C(NC(=O)c1ccc(OCc2ccccc2)cc1)C(=O)CCCNC(=O)OC(C)(C)C. The van der Waals surface area contributed by atoms with Gasteiger partial charge in [-0.15, -0.1) is 0 Å². The molecule has 1 unspecified atom stereocenters. The Balaban J connectivity index is 1.87. The zero-order chi connectivity index (χ0) is 25.8. The highest BCUT2D eigenvalue weighted by atomic mass is 16.6. The number of methoxy groups -OCH3 is 1. The van der Waals surface area contributed by atoms with E-state index in [4.69, 9.17) is 9.47 Å². The smallest absolute Gasteiger partial charge is 0.407 e. The van der Waals surface area contributed by atoms with E-state index in [9.17, 15) is 19.2 Å². The Hall–Kier alpha value is -3.88. The first kappa shape index (κ1) is 27.4. The van der Waals surface area contributed by atoms with Crippen LogP contribution in [0.15, 0.2) is 54.6 Å². The Labute approximate surface area is 205 Å². The first-order valence-corrected chi connectivity index (χ1v) is 11.2. The van der Waals surface area contributed by atoms with Crippen molar-refractivity contribution in [2.75, 3.05) is 13.7 Å². The number of alkyl carbamates (subject to hydrolysis) is 1. The van der Waals surface area contributed by atoms with E-state index in [1.807, 2.05) is 30.3 Å². The molecule has 0 heterocycles. The van der Waals surface area contributed by atoms with E-state index in [-0.39, 0.29) is 24.9 Å². The number of amides is 2. The first-order valence-electron chi connectivity index (χ1n) is 11.2. The van der Waals surface area contributed by atoms with Crippen LogP contribution in [0.4, 0.5) is 4.79 Å². The topological polar surface area (TPSA) is 120 Å². The fraction of sp³-hybridized carbons (Fsp3) is 0.385. The summed E-state index contributed by atoms with van der Waals surface area (Å²) in [6, 6.07) is 14.5. The van der Waals surface area contributed by atoms with Crippen molar-refractivity contribution in [3.05, 3.63) is 65.7 Å². The van der Waals surface area contributed by atoms with Gasteiger partial charge in [0, 0.05) is 18.5 Å². The summed E-state index contributed by atoms with van der Waals surface area (Å²) in [6.07, 6.45) is -0.393. The van der Waals surface area contributed by atoms with E-state index in [1.54, 1.807) is 45.0 Å². The lowest BCUT2D eigenvalue weighted by Crippen LogP contribution is -2.47. The van der Waals surface area contributed by atoms with Gasteiger partial charge in [0.2, 0.25) is 0 Å². The van der Waals surface area contributed by atoms with Crippen molar-refractivity contribution in [2.45, 2.75) is 51.9 Å². The second-order valence-corrected chi connectivity index (χ2v) is 8.73. The standard InChI is InChI=1S/C26H32N2O7/c1-26(2,3)35-25(32)27-16-8-11-21(29)22(24(31)33-4)28-23(30)19-12-14-20(15-13-19)34-17-18-9-6-5-7-10-18/h5-7,9-10,12-15,22H,8,11,16-17H2,1-4H3,(H,27,32)(H,28,30). The van der Waals surface area contributed by atoms with E-state index in [0.717, 1.165) is 12.7 Å². The van der Waals surface area contributed by atoms with Crippen LogP contribution in [0.3, 0.4) is 0 Å². The van der Waals surface area contributed by atoms with Gasteiger partial charge in [0.1, 0.15) is 18.0 Å². The van der Waals surface area contributed by atoms with Crippen LogP contribution < -0.4 is 15.4 Å². The van der Waals surface area contributed by atoms with Crippen molar-refractivity contribution in [2.24, 2.45) is 0 Å². The number of rotatable bonds is 11. The largest absolute Gasteiger partial charge is 0.489 e. The van der Waals surface area contributed by atoms with Crippen LogP contribution in [0.1, 0.15) is 49.5 Å². The van der Waals surface area contributed by atoms with Gasteiger partial charge in [0.25, 0.3) is 5.91 Å². The fourth-order valence-corrected chi connectivity index (χ4v) is 2.96. The zero-order valence-corrected chi connectivity index (χ0v) is 20.5. The second-order valence-electron chi connectivity index (χ2n) is 8.73. The van der Waals surface area contributed by atoms with Gasteiger partial charge in [-0.3, -0.25) is 9.59 Å². The molecule has 0 radical (unpaired) electrons. The summed E-state index contributed by atoms with van der Waals surface area (Å²) in [5, 5.41) is 4.97. The van der Waals surface area contributed by atoms with Crippen LogP contribution in [-0.2, 0) is 25.7 Å². The van der Waals surface area contributed by atoms with Crippen LogP contribution in [0, 0.1) is 0 Å². The van der Waals surface area contributed by atoms with Crippen LogP contribution >= 0.6 is 0 Å². The number of ether oxygens (including phenoxy) is 3. The van der Waals surface area contributed by atoms with Crippen molar-refractivity contribution >= 4 is 23.8 Å². The van der Waals surface area contributed by atoms with E-state index in [1.165, 1.54) is 0 Å². The molecule has 0 aliphatic carbocycles. The molecule has 2 aromatic carbocycles. The Kier molecular flexibility index (Phi) is 10.3. The Morgan fingerprint density at radius 3 is 2.20 bits per heavy atom. The molecule has 2 amide bonds. The summed E-state index contributed by atoms with van der Waals surface area (Å²) in [5.41, 5.74) is 0.632. The average Bonchev–Trinajstić information content (AvgIpc) is 2.83. The van der Waals surface area contributed by atoms with Crippen LogP contribution in [0.25, 0.3) is 0 Å². The predicted octanol–water partition coefficient (Wildman–Crippen LogP) is 3.41. The minimum Gasteiger partial charge on any atom is -0.489 e. The second kappa shape index (κ2) is 13.1. The van der Waals surface area contributed by atoms with Crippen LogP contribution in [0.2, 0.25) is 0 Å². The number of Topliss-reactive ketones (excluding diaryl/α,β-unsaturated/α-hetero) is 1. The minimum atomic E-state index is -1.46. The minimum absolute atomic E-state index is 0.0535. The van der Waals surface area contributed by atoms with Crippen molar-refractivity contribution in [3.63, 3.8) is 0 Å². The van der Waals surface area contributed by atoms with Gasteiger partial charge in [-0.25, -0.2) is 9.59 Å². The molecule has 0 aliphatic heterocycles. The third-order valence-corrected chi connectivity index (χ3v) is 4.67. The van der Waals surface area contributed by atoms with Gasteiger partial charge in [0.05, 0.1) is 7.11 Å². The maximum atomic E-state index is 12.6. The molecule has 1 atom stereocenters. The summed E-state index contributed by atoms with van der Waals surface area (Å²) >= 11 is 0. The molecule has 0 saturated carbocycles. The van der Waals surface area contributed by atoms with Gasteiger partial charge in [0.15, 0.2) is 11.8 Å². The number of hydrogen-bond acceptors (Lipinski definition) is 7.